The summed E-state index contributed by atoms with van der Waals surface area (Å²) in [7, 11) is 0. The molecule has 1 aliphatic carbocycles. The van der Waals surface area contributed by atoms with E-state index in [-0.39, 0.29) is 12.7 Å². The third-order valence-corrected chi connectivity index (χ3v) is 3.89. The van der Waals surface area contributed by atoms with E-state index in [1.807, 2.05) is 18.2 Å². The van der Waals surface area contributed by atoms with Crippen molar-refractivity contribution in [3.8, 4) is 11.5 Å². The largest absolute Gasteiger partial charge is 0.454 e. The zero-order chi connectivity index (χ0) is 14.9. The van der Waals surface area contributed by atoms with Crippen LogP contribution in [0.1, 0.15) is 27.9 Å². The average Bonchev–Trinajstić information content (AvgIpc) is 3.18. The highest BCUT2D eigenvalue weighted by Gasteiger charge is 2.18. The first-order valence-electron chi connectivity index (χ1n) is 7.16. The highest BCUT2D eigenvalue weighted by molar-refractivity contribution is 6.05. The number of amides is 1. The molecular weight excluding hydrogens is 280 g/mol. The first-order chi connectivity index (χ1) is 10.8. The molecule has 1 amide bonds. The standard InChI is InChI=1S/C17H14N2O3/c20-17(12-6-8-15-16(9-12)22-10-21-15)19-18-14-7-5-11-3-1-2-4-13(11)14/h1-4,6,8-9H,5,7,10H2,(H,19,20)/b18-14+. The maximum atomic E-state index is 12.2. The van der Waals surface area contributed by atoms with E-state index in [2.05, 4.69) is 16.6 Å². The second-order valence-corrected chi connectivity index (χ2v) is 5.22. The Labute approximate surface area is 127 Å². The van der Waals surface area contributed by atoms with Gasteiger partial charge in [-0.05, 0) is 36.6 Å². The van der Waals surface area contributed by atoms with Gasteiger partial charge in [0.15, 0.2) is 11.5 Å². The fourth-order valence-electron chi connectivity index (χ4n) is 2.74. The fraction of sp³-hybridized carbons (Fsp3) is 0.176. The molecular formula is C17H14N2O3. The van der Waals surface area contributed by atoms with Crippen LogP contribution in [0.5, 0.6) is 11.5 Å². The van der Waals surface area contributed by atoms with Crippen molar-refractivity contribution in [3.63, 3.8) is 0 Å². The summed E-state index contributed by atoms with van der Waals surface area (Å²) >= 11 is 0. The SMILES string of the molecule is O=C(N/N=C1\CCc2ccccc21)c1ccc2c(c1)OCO2. The zero-order valence-electron chi connectivity index (χ0n) is 11.8. The van der Waals surface area contributed by atoms with E-state index in [9.17, 15) is 4.79 Å². The normalized spacial score (nSPS) is 16.6. The molecule has 0 aromatic heterocycles. The Kier molecular flexibility index (Phi) is 3.04. The van der Waals surface area contributed by atoms with Crippen molar-refractivity contribution in [2.45, 2.75) is 12.8 Å². The zero-order valence-corrected chi connectivity index (χ0v) is 11.8. The number of ether oxygens (including phenoxy) is 2. The van der Waals surface area contributed by atoms with Crippen molar-refractivity contribution >= 4 is 11.6 Å². The van der Waals surface area contributed by atoms with Crippen molar-refractivity contribution in [1.29, 1.82) is 0 Å². The number of aryl methyl sites for hydroxylation is 1. The summed E-state index contributed by atoms with van der Waals surface area (Å²) in [6, 6.07) is 13.2. The van der Waals surface area contributed by atoms with Gasteiger partial charge in [0, 0.05) is 11.1 Å². The van der Waals surface area contributed by atoms with Gasteiger partial charge in [0.2, 0.25) is 6.79 Å². The number of hydrogen-bond acceptors (Lipinski definition) is 4. The average molecular weight is 294 g/mol. The number of carbonyl (C=O) groups is 1. The first-order valence-corrected chi connectivity index (χ1v) is 7.16. The van der Waals surface area contributed by atoms with Gasteiger partial charge in [-0.25, -0.2) is 5.43 Å². The van der Waals surface area contributed by atoms with Crippen molar-refractivity contribution in [3.05, 3.63) is 59.2 Å². The summed E-state index contributed by atoms with van der Waals surface area (Å²) in [5, 5.41) is 4.28. The number of rotatable bonds is 2. The van der Waals surface area contributed by atoms with E-state index in [1.165, 1.54) is 5.56 Å². The maximum Gasteiger partial charge on any atom is 0.271 e. The van der Waals surface area contributed by atoms with Gasteiger partial charge < -0.3 is 9.47 Å². The molecule has 0 saturated carbocycles. The monoisotopic (exact) mass is 294 g/mol. The quantitative estimate of drug-likeness (QED) is 0.866. The molecule has 2 aromatic carbocycles. The van der Waals surface area contributed by atoms with Gasteiger partial charge in [0.05, 0.1) is 5.71 Å². The van der Waals surface area contributed by atoms with Gasteiger partial charge in [-0.3, -0.25) is 4.79 Å². The number of carbonyl (C=O) groups excluding carboxylic acids is 1. The Balaban J connectivity index is 1.52. The number of fused-ring (bicyclic) bond motifs is 2. The third kappa shape index (κ3) is 2.20. The van der Waals surface area contributed by atoms with Gasteiger partial charge in [0.1, 0.15) is 0 Å². The molecule has 0 spiro atoms. The van der Waals surface area contributed by atoms with Crippen LogP contribution in [0.3, 0.4) is 0 Å². The molecule has 2 aliphatic rings. The summed E-state index contributed by atoms with van der Waals surface area (Å²) in [6.07, 6.45) is 1.82. The van der Waals surface area contributed by atoms with E-state index in [1.54, 1.807) is 18.2 Å². The topological polar surface area (TPSA) is 59.9 Å². The lowest BCUT2D eigenvalue weighted by molar-refractivity contribution is 0.0954. The highest BCUT2D eigenvalue weighted by atomic mass is 16.7. The van der Waals surface area contributed by atoms with Gasteiger partial charge >= 0.3 is 0 Å². The minimum Gasteiger partial charge on any atom is -0.454 e. The molecule has 2 aromatic rings. The molecule has 4 rings (SSSR count). The van der Waals surface area contributed by atoms with Gasteiger partial charge in [-0.2, -0.15) is 5.10 Å². The summed E-state index contributed by atoms with van der Waals surface area (Å²) in [6.45, 7) is 0.194. The molecule has 110 valence electrons. The van der Waals surface area contributed by atoms with Crippen molar-refractivity contribution in [1.82, 2.24) is 5.43 Å². The maximum absolute atomic E-state index is 12.2. The van der Waals surface area contributed by atoms with Gasteiger partial charge in [0.25, 0.3) is 5.91 Å². The minimum atomic E-state index is -0.254. The van der Waals surface area contributed by atoms with Crippen LogP contribution in [0.4, 0.5) is 0 Å². The van der Waals surface area contributed by atoms with E-state index in [0.717, 1.165) is 24.1 Å². The molecule has 22 heavy (non-hydrogen) atoms. The molecule has 1 N–H and O–H groups in total. The van der Waals surface area contributed by atoms with E-state index < -0.39 is 0 Å². The van der Waals surface area contributed by atoms with Crippen LogP contribution in [0, 0.1) is 0 Å². The smallest absolute Gasteiger partial charge is 0.271 e. The number of hydrazone groups is 1. The van der Waals surface area contributed by atoms with E-state index in [0.29, 0.717) is 17.1 Å². The van der Waals surface area contributed by atoms with Gasteiger partial charge in [-0.15, -0.1) is 0 Å². The summed E-state index contributed by atoms with van der Waals surface area (Å²) < 4.78 is 10.5. The van der Waals surface area contributed by atoms with Crippen LogP contribution in [0.15, 0.2) is 47.6 Å². The Morgan fingerprint density at radius 3 is 2.86 bits per heavy atom. The summed E-state index contributed by atoms with van der Waals surface area (Å²) in [4.78, 5) is 12.2. The number of nitrogens with zero attached hydrogens (tertiary/aromatic N) is 1. The van der Waals surface area contributed by atoms with Crippen LogP contribution < -0.4 is 14.9 Å². The van der Waals surface area contributed by atoms with E-state index in [4.69, 9.17) is 9.47 Å². The molecule has 0 fully saturated rings. The lowest BCUT2D eigenvalue weighted by Gasteiger charge is -2.03. The molecule has 1 aliphatic heterocycles. The van der Waals surface area contributed by atoms with Crippen LogP contribution in [0.25, 0.3) is 0 Å². The fourth-order valence-corrected chi connectivity index (χ4v) is 2.74. The third-order valence-electron chi connectivity index (χ3n) is 3.89. The lowest BCUT2D eigenvalue weighted by atomic mass is 10.1. The summed E-state index contributed by atoms with van der Waals surface area (Å²) in [5.41, 5.74) is 6.44. The molecule has 0 atom stereocenters. The van der Waals surface area contributed by atoms with Crippen LogP contribution in [-0.4, -0.2) is 18.4 Å². The Hall–Kier alpha value is -2.82. The number of benzene rings is 2. The Bertz CT molecular complexity index is 783. The predicted octanol–water partition coefficient (Wildman–Crippen LogP) is 2.50. The Morgan fingerprint density at radius 1 is 1.05 bits per heavy atom. The molecule has 5 nitrogen and oxygen atoms in total. The molecule has 0 unspecified atom stereocenters. The summed E-state index contributed by atoms with van der Waals surface area (Å²) in [5.74, 6) is 0.995. The highest BCUT2D eigenvalue weighted by Crippen LogP contribution is 2.32. The minimum absolute atomic E-state index is 0.194. The molecule has 0 radical (unpaired) electrons. The first kappa shape index (κ1) is 12.9. The molecule has 0 saturated heterocycles. The van der Waals surface area contributed by atoms with Crippen molar-refractivity contribution in [2.24, 2.45) is 5.10 Å². The molecule has 1 heterocycles. The number of hydrogen-bond donors (Lipinski definition) is 1. The second kappa shape index (κ2) is 5.18. The lowest BCUT2D eigenvalue weighted by Crippen LogP contribution is -2.19. The van der Waals surface area contributed by atoms with Gasteiger partial charge in [-0.1, -0.05) is 24.3 Å². The van der Waals surface area contributed by atoms with Crippen LogP contribution in [0.2, 0.25) is 0 Å². The van der Waals surface area contributed by atoms with Crippen molar-refractivity contribution < 1.29 is 14.3 Å². The molecule has 0 bridgehead atoms. The van der Waals surface area contributed by atoms with Crippen LogP contribution in [-0.2, 0) is 6.42 Å². The predicted molar refractivity (Wildman–Crippen MR) is 81.3 cm³/mol. The molecule has 5 heteroatoms. The van der Waals surface area contributed by atoms with Crippen molar-refractivity contribution in [2.75, 3.05) is 6.79 Å². The number of nitrogens with one attached hydrogen (secondary N) is 1. The Morgan fingerprint density at radius 2 is 1.91 bits per heavy atom. The van der Waals surface area contributed by atoms with E-state index >= 15 is 0 Å². The second-order valence-electron chi connectivity index (χ2n) is 5.22. The van der Waals surface area contributed by atoms with Crippen LogP contribution >= 0.6 is 0 Å².